The zero-order valence-electron chi connectivity index (χ0n) is 16.5. The molecule has 0 saturated heterocycles. The van der Waals surface area contributed by atoms with Crippen LogP contribution >= 0.6 is 0 Å². The van der Waals surface area contributed by atoms with Crippen molar-refractivity contribution >= 4 is 0 Å². The number of rotatable bonds is 5. The van der Waals surface area contributed by atoms with Crippen molar-refractivity contribution in [3.05, 3.63) is 87.5 Å². The molecule has 0 aliphatic heterocycles. The lowest BCUT2D eigenvalue weighted by molar-refractivity contribution is 0.302. The van der Waals surface area contributed by atoms with Gasteiger partial charge in [0, 0.05) is 16.8 Å². The average molecular weight is 387 g/mol. The van der Waals surface area contributed by atoms with Crippen LogP contribution in [0.5, 0.6) is 5.75 Å². The fourth-order valence-corrected chi connectivity index (χ4v) is 3.25. The van der Waals surface area contributed by atoms with Crippen LogP contribution in [0.3, 0.4) is 0 Å². The van der Waals surface area contributed by atoms with Gasteiger partial charge in [-0.05, 0) is 78.7 Å². The summed E-state index contributed by atoms with van der Waals surface area (Å²) in [5.41, 5.74) is 6.14. The second-order valence-electron chi connectivity index (χ2n) is 6.92. The van der Waals surface area contributed by atoms with E-state index in [4.69, 9.17) is 4.74 Å². The molecule has 0 fully saturated rings. The van der Waals surface area contributed by atoms with Gasteiger partial charge in [-0.25, -0.2) is 9.89 Å². The molecule has 0 spiro atoms. The lowest BCUT2D eigenvalue weighted by Gasteiger charge is -2.15. The summed E-state index contributed by atoms with van der Waals surface area (Å²) in [5.74, 6) is 0.781. The molecule has 29 heavy (non-hydrogen) atoms. The van der Waals surface area contributed by atoms with Gasteiger partial charge in [-0.3, -0.25) is 4.98 Å². The van der Waals surface area contributed by atoms with E-state index in [1.807, 2.05) is 69.3 Å². The topological polar surface area (TPSA) is 85.7 Å². The molecular weight excluding hydrogens is 366 g/mol. The number of pyridine rings is 1. The Balaban J connectivity index is 1.60. The first-order chi connectivity index (χ1) is 14.0. The number of aromatic nitrogens is 5. The van der Waals surface area contributed by atoms with Gasteiger partial charge in [0.1, 0.15) is 12.4 Å². The number of benzene rings is 2. The third-order valence-electron chi connectivity index (χ3n) is 4.82. The number of H-pyrrole nitrogens is 1. The summed E-state index contributed by atoms with van der Waals surface area (Å²) in [6, 6.07) is 17.7. The third-order valence-corrected chi connectivity index (χ3v) is 4.82. The molecule has 7 nitrogen and oxygen atoms in total. The molecule has 2 aromatic heterocycles. The first-order valence-corrected chi connectivity index (χ1v) is 9.29. The molecule has 0 amide bonds. The largest absolute Gasteiger partial charge is 0.489 e. The van der Waals surface area contributed by atoms with Gasteiger partial charge < -0.3 is 4.74 Å². The van der Waals surface area contributed by atoms with E-state index in [-0.39, 0.29) is 5.69 Å². The van der Waals surface area contributed by atoms with E-state index in [1.165, 1.54) is 4.68 Å². The number of ether oxygens (including phenoxy) is 1. The number of aromatic amines is 1. The molecule has 2 heterocycles. The number of tetrazole rings is 1. The summed E-state index contributed by atoms with van der Waals surface area (Å²) in [6.45, 7) is 6.28. The van der Waals surface area contributed by atoms with Gasteiger partial charge in [0.25, 0.3) is 0 Å². The van der Waals surface area contributed by atoms with Gasteiger partial charge in [-0.1, -0.05) is 18.2 Å². The van der Waals surface area contributed by atoms with E-state index < -0.39 is 0 Å². The number of nitrogens with one attached hydrogen (secondary N) is 1. The maximum atomic E-state index is 11.9. The van der Waals surface area contributed by atoms with Crippen LogP contribution in [0.2, 0.25) is 0 Å². The van der Waals surface area contributed by atoms with Crippen molar-refractivity contribution in [3.63, 3.8) is 0 Å². The number of hydrogen-bond acceptors (Lipinski definition) is 5. The highest BCUT2D eigenvalue weighted by molar-refractivity contribution is 5.62. The van der Waals surface area contributed by atoms with E-state index in [9.17, 15) is 4.79 Å². The zero-order valence-corrected chi connectivity index (χ0v) is 16.5. The van der Waals surface area contributed by atoms with Crippen molar-refractivity contribution < 1.29 is 4.74 Å². The second-order valence-corrected chi connectivity index (χ2v) is 6.92. The number of hydrogen-bond donors (Lipinski definition) is 1. The normalized spacial score (nSPS) is 10.9. The van der Waals surface area contributed by atoms with E-state index in [2.05, 4.69) is 26.6 Å². The second kappa shape index (κ2) is 7.71. The summed E-state index contributed by atoms with van der Waals surface area (Å²) in [4.78, 5) is 16.5. The molecular formula is C22H21N5O2. The Hall–Kier alpha value is -3.74. The van der Waals surface area contributed by atoms with Gasteiger partial charge in [-0.15, -0.1) is 0 Å². The zero-order chi connectivity index (χ0) is 20.4. The van der Waals surface area contributed by atoms with Crippen molar-refractivity contribution in [2.24, 2.45) is 0 Å². The summed E-state index contributed by atoms with van der Waals surface area (Å²) < 4.78 is 7.34. The first kappa shape index (κ1) is 18.6. The van der Waals surface area contributed by atoms with Crippen molar-refractivity contribution in [1.29, 1.82) is 0 Å². The summed E-state index contributed by atoms with van der Waals surface area (Å²) in [5, 5.41) is 9.75. The molecule has 0 aliphatic rings. The molecule has 0 aliphatic carbocycles. The SMILES string of the molecule is Cc1cccc(-c2ccc(OCc3c(C)cccc3-n3nn[nH]c3=O)c(C)c2)n1. The maximum absolute atomic E-state index is 11.9. The molecule has 146 valence electrons. The first-order valence-electron chi connectivity index (χ1n) is 9.29. The van der Waals surface area contributed by atoms with Crippen LogP contribution in [-0.4, -0.2) is 25.2 Å². The fraction of sp³-hybridized carbons (Fsp3) is 0.182. The van der Waals surface area contributed by atoms with Crippen LogP contribution in [0.25, 0.3) is 16.9 Å². The van der Waals surface area contributed by atoms with Gasteiger partial charge in [-0.2, -0.15) is 4.68 Å². The molecule has 0 unspecified atom stereocenters. The molecule has 0 radical (unpaired) electrons. The Morgan fingerprint density at radius 2 is 1.83 bits per heavy atom. The van der Waals surface area contributed by atoms with Crippen LogP contribution in [0.4, 0.5) is 0 Å². The van der Waals surface area contributed by atoms with Crippen molar-refractivity contribution in [2.45, 2.75) is 27.4 Å². The third kappa shape index (κ3) is 3.80. The lowest BCUT2D eigenvalue weighted by atomic mass is 10.1. The molecule has 1 N–H and O–H groups in total. The molecule has 0 saturated carbocycles. The van der Waals surface area contributed by atoms with Crippen LogP contribution < -0.4 is 10.4 Å². The maximum Gasteiger partial charge on any atom is 0.365 e. The van der Waals surface area contributed by atoms with Crippen molar-refractivity contribution in [3.8, 4) is 22.7 Å². The Morgan fingerprint density at radius 1 is 1.00 bits per heavy atom. The van der Waals surface area contributed by atoms with Gasteiger partial charge in [0.15, 0.2) is 0 Å². The minimum absolute atomic E-state index is 0.310. The lowest BCUT2D eigenvalue weighted by Crippen LogP contribution is -2.18. The molecule has 7 heteroatoms. The Morgan fingerprint density at radius 3 is 2.55 bits per heavy atom. The van der Waals surface area contributed by atoms with Gasteiger partial charge in [0.05, 0.1) is 11.4 Å². The summed E-state index contributed by atoms with van der Waals surface area (Å²) >= 11 is 0. The Bertz CT molecular complexity index is 1230. The molecule has 4 rings (SSSR count). The Labute approximate surface area is 168 Å². The highest BCUT2D eigenvalue weighted by Gasteiger charge is 2.13. The molecule has 0 bridgehead atoms. The molecule has 0 atom stereocenters. The van der Waals surface area contributed by atoms with E-state index >= 15 is 0 Å². The number of aryl methyl sites for hydroxylation is 3. The molecule has 4 aromatic rings. The van der Waals surface area contributed by atoms with Crippen molar-refractivity contribution in [1.82, 2.24) is 25.2 Å². The predicted octanol–water partition coefficient (Wildman–Crippen LogP) is 3.52. The summed E-state index contributed by atoms with van der Waals surface area (Å²) in [7, 11) is 0. The highest BCUT2D eigenvalue weighted by Crippen LogP contribution is 2.27. The van der Waals surface area contributed by atoms with Gasteiger partial charge >= 0.3 is 5.69 Å². The van der Waals surface area contributed by atoms with Crippen LogP contribution in [-0.2, 0) is 6.61 Å². The Kier molecular flexibility index (Phi) is 4.95. The quantitative estimate of drug-likeness (QED) is 0.566. The fourth-order valence-electron chi connectivity index (χ4n) is 3.25. The summed E-state index contributed by atoms with van der Waals surface area (Å²) in [6.07, 6.45) is 0. The monoisotopic (exact) mass is 387 g/mol. The van der Waals surface area contributed by atoms with Crippen LogP contribution in [0, 0.1) is 20.8 Å². The minimum Gasteiger partial charge on any atom is -0.489 e. The minimum atomic E-state index is -0.386. The van der Waals surface area contributed by atoms with Crippen molar-refractivity contribution in [2.75, 3.05) is 0 Å². The highest BCUT2D eigenvalue weighted by atomic mass is 16.5. The van der Waals surface area contributed by atoms with Crippen LogP contribution in [0.1, 0.15) is 22.4 Å². The van der Waals surface area contributed by atoms with E-state index in [0.29, 0.717) is 12.3 Å². The van der Waals surface area contributed by atoms with Gasteiger partial charge in [0.2, 0.25) is 0 Å². The smallest absolute Gasteiger partial charge is 0.365 e. The molecule has 2 aromatic carbocycles. The predicted molar refractivity (Wildman–Crippen MR) is 110 cm³/mol. The number of nitrogens with zero attached hydrogens (tertiary/aromatic N) is 4. The standard InChI is InChI=1S/C22H21N5O2/c1-14-6-4-9-20(27-22(28)24-25-26-27)18(14)13-29-21-11-10-17(12-15(21)2)19-8-5-7-16(3)23-19/h4-12H,13H2,1-3H3,(H,24,26,28). The van der Waals surface area contributed by atoms with Crippen LogP contribution in [0.15, 0.2) is 59.4 Å². The average Bonchev–Trinajstić information content (AvgIpc) is 3.13. The van der Waals surface area contributed by atoms with E-state index in [1.54, 1.807) is 0 Å². The van der Waals surface area contributed by atoms with E-state index in [0.717, 1.165) is 39.4 Å².